The molecule has 0 aliphatic carbocycles. The zero-order valence-corrected chi connectivity index (χ0v) is 16.4. The van der Waals surface area contributed by atoms with Crippen LogP contribution in [0, 0.1) is 6.92 Å². The Kier molecular flexibility index (Phi) is 6.44. The second-order valence-electron chi connectivity index (χ2n) is 7.27. The van der Waals surface area contributed by atoms with Gasteiger partial charge in [-0.2, -0.15) is 0 Å². The summed E-state index contributed by atoms with van der Waals surface area (Å²) < 4.78 is 11.6. The first-order chi connectivity index (χ1) is 10.5. The lowest BCUT2D eigenvalue weighted by molar-refractivity contribution is -0.129. The van der Waals surface area contributed by atoms with Crippen molar-refractivity contribution in [3.63, 3.8) is 0 Å². The minimum atomic E-state index is -2.11. The second kappa shape index (κ2) is 7.50. The standard InChI is InChI=1S/C16H29N3O3Si/c1-11-9-18-13(10-17-11)19-15(20)14(12(2)21-6)22-23(7,8)16(3,4)5/h9-10,12,14H,1-8H3,(H,18,19,20)/t12?,14-/m0/s1. The Balaban J connectivity index is 2.93. The first-order valence-electron chi connectivity index (χ1n) is 7.78. The molecule has 1 aromatic rings. The molecule has 6 nitrogen and oxygen atoms in total. The molecule has 1 amide bonds. The smallest absolute Gasteiger partial charge is 0.256 e. The minimum absolute atomic E-state index is 0.00263. The molecule has 0 bridgehead atoms. The van der Waals surface area contributed by atoms with Crippen LogP contribution in [0.1, 0.15) is 33.4 Å². The van der Waals surface area contributed by atoms with Crippen molar-refractivity contribution in [3.8, 4) is 0 Å². The molecule has 1 rings (SSSR count). The van der Waals surface area contributed by atoms with E-state index in [0.717, 1.165) is 5.69 Å². The van der Waals surface area contributed by atoms with Crippen molar-refractivity contribution in [3.05, 3.63) is 18.1 Å². The van der Waals surface area contributed by atoms with Gasteiger partial charge < -0.3 is 14.5 Å². The van der Waals surface area contributed by atoms with Crippen LogP contribution in [0.2, 0.25) is 18.1 Å². The van der Waals surface area contributed by atoms with Crippen LogP contribution in [-0.4, -0.2) is 43.5 Å². The molecule has 1 N–H and O–H groups in total. The molecule has 0 saturated carbocycles. The van der Waals surface area contributed by atoms with Gasteiger partial charge in [-0.1, -0.05) is 20.8 Å². The third-order valence-corrected chi connectivity index (χ3v) is 8.77. The van der Waals surface area contributed by atoms with Gasteiger partial charge in [0, 0.05) is 7.11 Å². The van der Waals surface area contributed by atoms with E-state index in [4.69, 9.17) is 9.16 Å². The summed E-state index contributed by atoms with van der Waals surface area (Å²) in [7, 11) is -0.538. The highest BCUT2D eigenvalue weighted by molar-refractivity contribution is 6.74. The van der Waals surface area contributed by atoms with Gasteiger partial charge in [0.05, 0.1) is 24.2 Å². The van der Waals surface area contributed by atoms with Crippen molar-refractivity contribution in [1.29, 1.82) is 0 Å². The molecule has 0 aliphatic heterocycles. The van der Waals surface area contributed by atoms with Crippen LogP contribution in [0.25, 0.3) is 0 Å². The van der Waals surface area contributed by atoms with Crippen molar-refractivity contribution in [2.24, 2.45) is 0 Å². The molecular weight excluding hydrogens is 310 g/mol. The Morgan fingerprint density at radius 2 is 1.87 bits per heavy atom. The molecule has 23 heavy (non-hydrogen) atoms. The van der Waals surface area contributed by atoms with E-state index in [2.05, 4.69) is 49.1 Å². The quantitative estimate of drug-likeness (QED) is 0.806. The van der Waals surface area contributed by atoms with Gasteiger partial charge in [-0.25, -0.2) is 4.98 Å². The van der Waals surface area contributed by atoms with E-state index in [1.807, 2.05) is 13.8 Å². The summed E-state index contributed by atoms with van der Waals surface area (Å²) in [6.45, 7) is 14.3. The molecule has 0 aliphatic rings. The molecule has 0 radical (unpaired) electrons. The van der Waals surface area contributed by atoms with Crippen LogP contribution >= 0.6 is 0 Å². The minimum Gasteiger partial charge on any atom is -0.403 e. The summed E-state index contributed by atoms with van der Waals surface area (Å²) in [5.41, 5.74) is 0.794. The maximum Gasteiger partial charge on any atom is 0.256 e. The Bertz CT molecular complexity index is 526. The van der Waals surface area contributed by atoms with Gasteiger partial charge in [-0.15, -0.1) is 0 Å². The topological polar surface area (TPSA) is 73.3 Å². The van der Waals surface area contributed by atoms with Crippen LogP contribution in [0.15, 0.2) is 12.4 Å². The predicted molar refractivity (Wildman–Crippen MR) is 93.9 cm³/mol. The molecular formula is C16H29N3O3Si. The number of ether oxygens (including phenoxy) is 1. The first-order valence-corrected chi connectivity index (χ1v) is 10.7. The first kappa shape index (κ1) is 19.7. The third kappa shape index (κ3) is 5.37. The molecule has 1 unspecified atom stereocenters. The number of nitrogens with zero attached hydrogens (tertiary/aromatic N) is 2. The number of anilines is 1. The maximum absolute atomic E-state index is 12.6. The van der Waals surface area contributed by atoms with Gasteiger partial charge in [0.15, 0.2) is 20.2 Å². The van der Waals surface area contributed by atoms with Gasteiger partial charge in [0.1, 0.15) is 0 Å². The van der Waals surface area contributed by atoms with Crippen molar-refractivity contribution in [2.75, 3.05) is 12.4 Å². The molecule has 1 aromatic heterocycles. The fraction of sp³-hybridized carbons (Fsp3) is 0.688. The fourth-order valence-corrected chi connectivity index (χ4v) is 2.92. The molecule has 0 fully saturated rings. The highest BCUT2D eigenvalue weighted by atomic mass is 28.4. The molecule has 2 atom stereocenters. The van der Waals surface area contributed by atoms with E-state index in [1.54, 1.807) is 13.3 Å². The Morgan fingerprint density at radius 3 is 2.30 bits per heavy atom. The number of hydrogen-bond acceptors (Lipinski definition) is 5. The number of hydrogen-bond donors (Lipinski definition) is 1. The van der Waals surface area contributed by atoms with Crippen LogP contribution in [0.3, 0.4) is 0 Å². The number of rotatable bonds is 6. The van der Waals surface area contributed by atoms with E-state index < -0.39 is 14.4 Å². The van der Waals surface area contributed by atoms with E-state index in [1.165, 1.54) is 6.20 Å². The summed E-state index contributed by atoms with van der Waals surface area (Å²) in [4.78, 5) is 20.9. The lowest BCUT2D eigenvalue weighted by Crippen LogP contribution is -2.51. The van der Waals surface area contributed by atoms with Crippen molar-refractivity contribution < 1.29 is 14.0 Å². The lowest BCUT2D eigenvalue weighted by atomic mass is 10.2. The normalized spacial score (nSPS) is 15.1. The van der Waals surface area contributed by atoms with E-state index in [-0.39, 0.29) is 17.0 Å². The van der Waals surface area contributed by atoms with Crippen molar-refractivity contribution in [2.45, 2.75) is 65.0 Å². The highest BCUT2D eigenvalue weighted by Gasteiger charge is 2.42. The summed E-state index contributed by atoms with van der Waals surface area (Å²) in [6, 6.07) is 0. The second-order valence-corrected chi connectivity index (χ2v) is 12.0. The number of carbonyl (C=O) groups is 1. The third-order valence-electron chi connectivity index (χ3n) is 4.32. The Morgan fingerprint density at radius 1 is 1.26 bits per heavy atom. The van der Waals surface area contributed by atoms with Gasteiger partial charge in [0.2, 0.25) is 0 Å². The number of aromatic nitrogens is 2. The van der Waals surface area contributed by atoms with Crippen LogP contribution in [0.4, 0.5) is 5.82 Å². The number of aryl methyl sites for hydroxylation is 1. The largest absolute Gasteiger partial charge is 0.403 e. The number of carbonyl (C=O) groups excluding carboxylic acids is 1. The summed E-state index contributed by atoms with van der Waals surface area (Å²) in [5, 5.41) is 2.77. The fourth-order valence-electron chi connectivity index (χ4n) is 1.63. The summed E-state index contributed by atoms with van der Waals surface area (Å²) in [5.74, 6) is 0.148. The number of nitrogens with one attached hydrogen (secondary N) is 1. The molecule has 7 heteroatoms. The van der Waals surface area contributed by atoms with Crippen molar-refractivity contribution in [1.82, 2.24) is 9.97 Å². The zero-order chi connectivity index (χ0) is 17.8. The average molecular weight is 340 g/mol. The van der Waals surface area contributed by atoms with E-state index in [9.17, 15) is 4.79 Å². The Hall–Kier alpha value is -1.31. The molecule has 0 spiro atoms. The SMILES string of the molecule is COC(C)[C@H](O[Si](C)(C)C(C)(C)C)C(=O)Nc1cnc(C)cn1. The molecule has 0 aromatic carbocycles. The van der Waals surface area contributed by atoms with E-state index in [0.29, 0.717) is 5.82 Å². The number of amides is 1. The number of methoxy groups -OCH3 is 1. The highest BCUT2D eigenvalue weighted by Crippen LogP contribution is 2.37. The van der Waals surface area contributed by atoms with Crippen LogP contribution in [-0.2, 0) is 14.0 Å². The van der Waals surface area contributed by atoms with Gasteiger partial charge in [0.25, 0.3) is 5.91 Å². The van der Waals surface area contributed by atoms with Crippen LogP contribution < -0.4 is 5.32 Å². The summed E-state index contributed by atoms with van der Waals surface area (Å²) >= 11 is 0. The van der Waals surface area contributed by atoms with Gasteiger partial charge in [-0.05, 0) is 32.0 Å². The monoisotopic (exact) mass is 339 g/mol. The van der Waals surface area contributed by atoms with Crippen molar-refractivity contribution >= 4 is 20.0 Å². The molecule has 130 valence electrons. The van der Waals surface area contributed by atoms with Gasteiger partial charge in [-0.3, -0.25) is 9.78 Å². The van der Waals surface area contributed by atoms with E-state index >= 15 is 0 Å². The zero-order valence-electron chi connectivity index (χ0n) is 15.4. The lowest BCUT2D eigenvalue weighted by Gasteiger charge is -2.39. The Labute approximate surface area is 140 Å². The van der Waals surface area contributed by atoms with Gasteiger partial charge >= 0.3 is 0 Å². The van der Waals surface area contributed by atoms with Crippen LogP contribution in [0.5, 0.6) is 0 Å². The average Bonchev–Trinajstić information content (AvgIpc) is 2.45. The summed E-state index contributed by atoms with van der Waals surface area (Å²) in [6.07, 6.45) is 2.10. The maximum atomic E-state index is 12.6. The molecule has 0 saturated heterocycles. The predicted octanol–water partition coefficient (Wildman–Crippen LogP) is 3.15. The molecule has 1 heterocycles.